The molecular formula is C15H12Cl2N2O2. The molecule has 0 fully saturated rings. The number of hydrogen-bond donors (Lipinski definition) is 2. The minimum atomic E-state index is -0.485. The van der Waals surface area contributed by atoms with Gasteiger partial charge in [-0.1, -0.05) is 53.5 Å². The third-order valence-corrected chi connectivity index (χ3v) is 3.08. The van der Waals surface area contributed by atoms with E-state index in [1.807, 2.05) is 30.3 Å². The summed E-state index contributed by atoms with van der Waals surface area (Å²) in [6.07, 6.45) is 0.178. The molecule has 2 amide bonds. The van der Waals surface area contributed by atoms with Gasteiger partial charge in [0.15, 0.2) is 0 Å². The second-order valence-electron chi connectivity index (χ2n) is 4.32. The van der Waals surface area contributed by atoms with Crippen molar-refractivity contribution >= 4 is 35.0 Å². The van der Waals surface area contributed by atoms with Crippen molar-refractivity contribution in [1.82, 2.24) is 10.9 Å². The molecule has 0 unspecified atom stereocenters. The molecule has 21 heavy (non-hydrogen) atoms. The Bertz CT molecular complexity index is 640. The van der Waals surface area contributed by atoms with Crippen LogP contribution in [-0.4, -0.2) is 11.8 Å². The quantitative estimate of drug-likeness (QED) is 0.853. The topological polar surface area (TPSA) is 58.2 Å². The highest BCUT2D eigenvalue weighted by Crippen LogP contribution is 2.18. The van der Waals surface area contributed by atoms with Crippen LogP contribution in [0.5, 0.6) is 0 Å². The molecule has 0 saturated carbocycles. The van der Waals surface area contributed by atoms with E-state index in [4.69, 9.17) is 23.2 Å². The summed E-state index contributed by atoms with van der Waals surface area (Å²) < 4.78 is 0. The maximum atomic E-state index is 11.9. The molecule has 4 nitrogen and oxygen atoms in total. The van der Waals surface area contributed by atoms with E-state index < -0.39 is 5.91 Å². The second kappa shape index (κ2) is 7.11. The van der Waals surface area contributed by atoms with Crippen molar-refractivity contribution in [2.75, 3.05) is 0 Å². The third-order valence-electron chi connectivity index (χ3n) is 2.65. The Labute approximate surface area is 132 Å². The lowest BCUT2D eigenvalue weighted by atomic mass is 10.1. The van der Waals surface area contributed by atoms with Gasteiger partial charge in [0.05, 0.1) is 6.42 Å². The van der Waals surface area contributed by atoms with E-state index >= 15 is 0 Å². The molecule has 0 saturated heterocycles. The number of rotatable bonds is 3. The third kappa shape index (κ3) is 4.77. The van der Waals surface area contributed by atoms with Crippen LogP contribution in [0.1, 0.15) is 15.9 Å². The van der Waals surface area contributed by atoms with Gasteiger partial charge in [0.25, 0.3) is 5.91 Å². The summed E-state index contributed by atoms with van der Waals surface area (Å²) in [6.45, 7) is 0. The standard InChI is InChI=1S/C15H12Cl2N2O2/c16-12-7-11(8-13(17)9-12)15(21)19-18-14(20)6-10-4-2-1-3-5-10/h1-5,7-9H,6H2,(H,18,20)(H,19,21). The van der Waals surface area contributed by atoms with Crippen molar-refractivity contribution in [3.05, 3.63) is 69.7 Å². The summed E-state index contributed by atoms with van der Waals surface area (Å²) in [5, 5.41) is 0.700. The van der Waals surface area contributed by atoms with Crippen molar-refractivity contribution in [2.45, 2.75) is 6.42 Å². The van der Waals surface area contributed by atoms with E-state index in [-0.39, 0.29) is 17.9 Å². The number of halogens is 2. The zero-order valence-electron chi connectivity index (χ0n) is 10.9. The highest BCUT2D eigenvalue weighted by atomic mass is 35.5. The lowest BCUT2D eigenvalue weighted by Gasteiger charge is -2.08. The van der Waals surface area contributed by atoms with Crippen molar-refractivity contribution < 1.29 is 9.59 Å². The largest absolute Gasteiger partial charge is 0.273 e. The number of benzene rings is 2. The van der Waals surface area contributed by atoms with Gasteiger partial charge in [-0.3, -0.25) is 20.4 Å². The number of amides is 2. The lowest BCUT2D eigenvalue weighted by Crippen LogP contribution is -2.42. The van der Waals surface area contributed by atoms with Crippen LogP contribution in [0.15, 0.2) is 48.5 Å². The van der Waals surface area contributed by atoms with Crippen LogP contribution in [0.3, 0.4) is 0 Å². The van der Waals surface area contributed by atoms with Gasteiger partial charge in [-0.05, 0) is 23.8 Å². The summed E-state index contributed by atoms with van der Waals surface area (Å²) in [7, 11) is 0. The Balaban J connectivity index is 1.90. The first-order chi connectivity index (χ1) is 10.0. The fourth-order valence-corrected chi connectivity index (χ4v) is 2.24. The van der Waals surface area contributed by atoms with Crippen molar-refractivity contribution in [3.8, 4) is 0 Å². The predicted octanol–water partition coefficient (Wildman–Crippen LogP) is 3.00. The summed E-state index contributed by atoms with van der Waals surface area (Å²) in [4.78, 5) is 23.6. The molecular weight excluding hydrogens is 311 g/mol. The lowest BCUT2D eigenvalue weighted by molar-refractivity contribution is -0.121. The number of carbonyl (C=O) groups is 2. The fourth-order valence-electron chi connectivity index (χ4n) is 1.71. The van der Waals surface area contributed by atoms with Crippen molar-refractivity contribution in [3.63, 3.8) is 0 Å². The highest BCUT2D eigenvalue weighted by molar-refractivity contribution is 6.35. The van der Waals surface area contributed by atoms with Crippen LogP contribution >= 0.6 is 23.2 Å². The smallest absolute Gasteiger partial charge is 0.269 e. The monoisotopic (exact) mass is 322 g/mol. The Kier molecular flexibility index (Phi) is 5.20. The zero-order chi connectivity index (χ0) is 15.2. The van der Waals surface area contributed by atoms with E-state index in [1.54, 1.807) is 0 Å². The maximum Gasteiger partial charge on any atom is 0.269 e. The molecule has 0 spiro atoms. The van der Waals surface area contributed by atoms with Gasteiger partial charge in [-0.25, -0.2) is 0 Å². The van der Waals surface area contributed by atoms with Gasteiger partial charge < -0.3 is 0 Å². The molecule has 2 aromatic carbocycles. The molecule has 2 aromatic rings. The minimum absolute atomic E-state index is 0.178. The second-order valence-corrected chi connectivity index (χ2v) is 5.20. The molecule has 0 atom stereocenters. The van der Waals surface area contributed by atoms with Crippen molar-refractivity contribution in [2.24, 2.45) is 0 Å². The minimum Gasteiger partial charge on any atom is -0.273 e. The molecule has 2 N–H and O–H groups in total. The first-order valence-corrected chi connectivity index (χ1v) is 6.89. The Morgan fingerprint density at radius 3 is 2.14 bits per heavy atom. The fraction of sp³-hybridized carbons (Fsp3) is 0.0667. The maximum absolute atomic E-state index is 11.9. The molecule has 6 heteroatoms. The van der Waals surface area contributed by atoms with Gasteiger partial charge in [0.1, 0.15) is 0 Å². The van der Waals surface area contributed by atoms with Crippen LogP contribution < -0.4 is 10.9 Å². The molecule has 2 rings (SSSR count). The molecule has 0 bridgehead atoms. The van der Waals surface area contributed by atoms with E-state index in [1.165, 1.54) is 18.2 Å². The number of hydrazine groups is 1. The molecule has 0 aliphatic carbocycles. The summed E-state index contributed by atoms with van der Waals surface area (Å²) >= 11 is 11.6. The predicted molar refractivity (Wildman–Crippen MR) is 82.2 cm³/mol. The average Bonchev–Trinajstić information content (AvgIpc) is 2.45. The normalized spacial score (nSPS) is 10.0. The molecule has 0 radical (unpaired) electrons. The average molecular weight is 323 g/mol. The summed E-state index contributed by atoms with van der Waals surface area (Å²) in [6, 6.07) is 13.7. The first kappa shape index (κ1) is 15.4. The van der Waals surface area contributed by atoms with Gasteiger partial charge in [-0.15, -0.1) is 0 Å². The van der Waals surface area contributed by atoms with E-state index in [0.29, 0.717) is 10.0 Å². The van der Waals surface area contributed by atoms with Crippen LogP contribution in [-0.2, 0) is 11.2 Å². The van der Waals surface area contributed by atoms with E-state index in [0.717, 1.165) is 5.56 Å². The molecule has 0 aromatic heterocycles. The van der Waals surface area contributed by atoms with Gasteiger partial charge in [0.2, 0.25) is 5.91 Å². The van der Waals surface area contributed by atoms with Crippen LogP contribution in [0, 0.1) is 0 Å². The van der Waals surface area contributed by atoms with Gasteiger partial charge in [0, 0.05) is 15.6 Å². The Morgan fingerprint density at radius 2 is 1.52 bits per heavy atom. The van der Waals surface area contributed by atoms with Crippen LogP contribution in [0.4, 0.5) is 0 Å². The first-order valence-electron chi connectivity index (χ1n) is 6.14. The van der Waals surface area contributed by atoms with Crippen LogP contribution in [0.2, 0.25) is 10.0 Å². The molecule has 0 heterocycles. The highest BCUT2D eigenvalue weighted by Gasteiger charge is 2.09. The zero-order valence-corrected chi connectivity index (χ0v) is 12.4. The van der Waals surface area contributed by atoms with Gasteiger partial charge in [-0.2, -0.15) is 0 Å². The molecule has 0 aliphatic rings. The molecule has 108 valence electrons. The number of hydrogen-bond acceptors (Lipinski definition) is 2. The van der Waals surface area contributed by atoms with Crippen molar-refractivity contribution in [1.29, 1.82) is 0 Å². The number of nitrogens with one attached hydrogen (secondary N) is 2. The van der Waals surface area contributed by atoms with Gasteiger partial charge >= 0.3 is 0 Å². The Morgan fingerprint density at radius 1 is 0.905 bits per heavy atom. The summed E-state index contributed by atoms with van der Waals surface area (Å²) in [5.74, 6) is -0.802. The Hall–Kier alpha value is -2.04. The van der Waals surface area contributed by atoms with E-state index in [2.05, 4.69) is 10.9 Å². The molecule has 0 aliphatic heterocycles. The summed E-state index contributed by atoms with van der Waals surface area (Å²) in [5.41, 5.74) is 5.79. The van der Waals surface area contributed by atoms with Crippen LogP contribution in [0.25, 0.3) is 0 Å². The SMILES string of the molecule is O=C(Cc1ccccc1)NNC(=O)c1cc(Cl)cc(Cl)c1. The van der Waals surface area contributed by atoms with E-state index in [9.17, 15) is 9.59 Å². The number of carbonyl (C=O) groups excluding carboxylic acids is 2.